The lowest BCUT2D eigenvalue weighted by Gasteiger charge is -2.41. The van der Waals surface area contributed by atoms with Crippen molar-refractivity contribution in [2.24, 2.45) is 17.6 Å². The first kappa shape index (κ1) is 23.6. The molecule has 0 bridgehead atoms. The quantitative estimate of drug-likeness (QED) is 0.809. The van der Waals surface area contributed by atoms with Crippen LogP contribution in [-0.2, 0) is 11.3 Å². The van der Waals surface area contributed by atoms with E-state index in [1.807, 2.05) is 6.92 Å². The predicted molar refractivity (Wildman–Crippen MR) is 112 cm³/mol. The van der Waals surface area contributed by atoms with Crippen molar-refractivity contribution in [3.05, 3.63) is 16.1 Å². The topological polar surface area (TPSA) is 62.5 Å². The molecule has 8 heteroatoms. The van der Waals surface area contributed by atoms with E-state index in [9.17, 15) is 4.79 Å². The highest BCUT2D eigenvalue weighted by Crippen LogP contribution is 2.27. The average molecular weight is 423 g/mol. The van der Waals surface area contributed by atoms with Crippen LogP contribution >= 0.6 is 36.2 Å². The second-order valence-electron chi connectivity index (χ2n) is 7.46. The van der Waals surface area contributed by atoms with Crippen molar-refractivity contribution < 1.29 is 4.79 Å². The lowest BCUT2D eigenvalue weighted by molar-refractivity contribution is -0.141. The molecule has 1 amide bonds. The summed E-state index contributed by atoms with van der Waals surface area (Å²) in [4.78, 5) is 22.0. The average Bonchev–Trinajstić information content (AvgIpc) is 2.99. The molecule has 26 heavy (non-hydrogen) atoms. The highest BCUT2D eigenvalue weighted by atomic mass is 35.5. The second-order valence-corrected chi connectivity index (χ2v) is 8.52. The smallest absolute Gasteiger partial charge is 0.226 e. The zero-order chi connectivity index (χ0) is 17.1. The van der Waals surface area contributed by atoms with Gasteiger partial charge in [-0.25, -0.2) is 4.98 Å². The van der Waals surface area contributed by atoms with Crippen LogP contribution in [0.1, 0.15) is 43.3 Å². The summed E-state index contributed by atoms with van der Waals surface area (Å²) >= 11 is 1.71. The third-order valence-corrected chi connectivity index (χ3v) is 6.34. The van der Waals surface area contributed by atoms with E-state index in [0.29, 0.717) is 18.4 Å². The summed E-state index contributed by atoms with van der Waals surface area (Å²) in [6, 6.07) is 0.247. The van der Waals surface area contributed by atoms with Gasteiger partial charge in [0.15, 0.2) is 0 Å². The molecule has 2 unspecified atom stereocenters. The SMILES string of the molecule is Cc1nc(CN2CCC(C(=O)N3CCC(C)CC3CN)CC2)cs1.Cl.Cl. The molecule has 0 aliphatic carbocycles. The molecule has 0 spiro atoms. The number of halogens is 2. The minimum atomic E-state index is 0. The number of hydrogen-bond donors (Lipinski definition) is 1. The maximum atomic E-state index is 12.9. The van der Waals surface area contributed by atoms with Crippen LogP contribution in [0.25, 0.3) is 0 Å². The van der Waals surface area contributed by atoms with E-state index in [1.54, 1.807) is 11.3 Å². The van der Waals surface area contributed by atoms with Crippen LogP contribution in [0.15, 0.2) is 5.38 Å². The van der Waals surface area contributed by atoms with Gasteiger partial charge in [-0.05, 0) is 51.6 Å². The highest BCUT2D eigenvalue weighted by molar-refractivity contribution is 7.09. The molecule has 1 aromatic rings. The van der Waals surface area contributed by atoms with E-state index in [1.165, 1.54) is 0 Å². The summed E-state index contributed by atoms with van der Waals surface area (Å²) in [5, 5.41) is 3.27. The molecular formula is C18H32Cl2N4OS. The fourth-order valence-corrected chi connectivity index (χ4v) is 4.65. The van der Waals surface area contributed by atoms with Crippen LogP contribution < -0.4 is 5.73 Å². The van der Waals surface area contributed by atoms with Crippen molar-refractivity contribution in [1.82, 2.24) is 14.8 Å². The molecular weight excluding hydrogens is 391 g/mol. The molecule has 2 aliphatic rings. The van der Waals surface area contributed by atoms with Gasteiger partial charge in [-0.3, -0.25) is 9.69 Å². The van der Waals surface area contributed by atoms with Crippen molar-refractivity contribution in [2.75, 3.05) is 26.2 Å². The Morgan fingerprint density at radius 3 is 2.54 bits per heavy atom. The van der Waals surface area contributed by atoms with Crippen molar-refractivity contribution in [3.63, 3.8) is 0 Å². The number of carbonyl (C=O) groups excluding carboxylic acids is 1. The molecule has 2 fully saturated rings. The van der Waals surface area contributed by atoms with E-state index >= 15 is 0 Å². The number of aromatic nitrogens is 1. The largest absolute Gasteiger partial charge is 0.338 e. The van der Waals surface area contributed by atoms with Gasteiger partial charge in [0.2, 0.25) is 5.91 Å². The molecule has 3 heterocycles. The lowest BCUT2D eigenvalue weighted by atomic mass is 9.89. The summed E-state index contributed by atoms with van der Waals surface area (Å²) in [5.41, 5.74) is 7.09. The molecule has 2 aliphatic heterocycles. The molecule has 0 saturated carbocycles. The number of aryl methyl sites for hydroxylation is 1. The van der Waals surface area contributed by atoms with Crippen molar-refractivity contribution in [2.45, 2.75) is 52.1 Å². The summed E-state index contributed by atoms with van der Waals surface area (Å²) in [6.45, 7) is 8.70. The molecule has 2 N–H and O–H groups in total. The van der Waals surface area contributed by atoms with Crippen LogP contribution in [0, 0.1) is 18.8 Å². The van der Waals surface area contributed by atoms with Crippen LogP contribution in [0.5, 0.6) is 0 Å². The number of piperidine rings is 2. The van der Waals surface area contributed by atoms with Crippen molar-refractivity contribution in [1.29, 1.82) is 0 Å². The number of hydrogen-bond acceptors (Lipinski definition) is 5. The summed E-state index contributed by atoms with van der Waals surface area (Å²) in [5.74, 6) is 1.22. The van der Waals surface area contributed by atoms with Crippen molar-refractivity contribution >= 4 is 42.1 Å². The Balaban J connectivity index is 0.00000169. The summed E-state index contributed by atoms with van der Waals surface area (Å²) in [7, 11) is 0. The Morgan fingerprint density at radius 2 is 1.96 bits per heavy atom. The van der Waals surface area contributed by atoms with Crippen LogP contribution in [0.2, 0.25) is 0 Å². The Kier molecular flexibility index (Phi) is 9.83. The molecule has 2 atom stereocenters. The third-order valence-electron chi connectivity index (χ3n) is 5.52. The van der Waals surface area contributed by atoms with Crippen LogP contribution in [0.3, 0.4) is 0 Å². The summed E-state index contributed by atoms with van der Waals surface area (Å²) in [6.07, 6.45) is 4.10. The molecule has 1 aromatic heterocycles. The highest BCUT2D eigenvalue weighted by Gasteiger charge is 2.34. The maximum Gasteiger partial charge on any atom is 0.226 e. The molecule has 3 rings (SSSR count). The minimum Gasteiger partial charge on any atom is -0.338 e. The van der Waals surface area contributed by atoms with Crippen molar-refractivity contribution in [3.8, 4) is 0 Å². The predicted octanol–water partition coefficient (Wildman–Crippen LogP) is 3.09. The molecule has 0 radical (unpaired) electrons. The van der Waals surface area contributed by atoms with Gasteiger partial charge in [0, 0.05) is 37.0 Å². The first-order valence-corrected chi connectivity index (χ1v) is 10.1. The second kappa shape index (κ2) is 10.8. The number of likely N-dealkylation sites (tertiary alicyclic amines) is 2. The Morgan fingerprint density at radius 1 is 1.27 bits per heavy atom. The molecule has 5 nitrogen and oxygen atoms in total. The van der Waals surface area contributed by atoms with Gasteiger partial charge in [0.05, 0.1) is 10.7 Å². The molecule has 0 aromatic carbocycles. The number of amides is 1. The van der Waals surface area contributed by atoms with Gasteiger partial charge < -0.3 is 10.6 Å². The third kappa shape index (κ3) is 5.80. The number of thiazole rings is 1. The first-order chi connectivity index (χ1) is 11.6. The van der Waals surface area contributed by atoms with E-state index in [-0.39, 0.29) is 36.8 Å². The van der Waals surface area contributed by atoms with Gasteiger partial charge in [-0.1, -0.05) is 6.92 Å². The van der Waals surface area contributed by atoms with Gasteiger partial charge >= 0.3 is 0 Å². The number of nitrogens with zero attached hydrogens (tertiary/aromatic N) is 3. The Labute approximate surface area is 173 Å². The number of nitrogens with two attached hydrogens (primary N) is 1. The number of rotatable bonds is 4. The van der Waals surface area contributed by atoms with Crippen LogP contribution in [-0.4, -0.2) is 52.9 Å². The van der Waals surface area contributed by atoms with Gasteiger partial charge in [-0.15, -0.1) is 36.2 Å². The Hall–Kier alpha value is -0.400. The monoisotopic (exact) mass is 422 g/mol. The van der Waals surface area contributed by atoms with E-state index in [4.69, 9.17) is 5.73 Å². The Bertz CT molecular complexity index is 563. The maximum absolute atomic E-state index is 12.9. The molecule has 2 saturated heterocycles. The van der Waals surface area contributed by atoms with Gasteiger partial charge in [0.1, 0.15) is 0 Å². The van der Waals surface area contributed by atoms with Crippen LogP contribution in [0.4, 0.5) is 0 Å². The minimum absolute atomic E-state index is 0. The lowest BCUT2D eigenvalue weighted by Crippen LogP contribution is -2.52. The van der Waals surface area contributed by atoms with E-state index in [0.717, 1.165) is 62.6 Å². The zero-order valence-corrected chi connectivity index (χ0v) is 18.2. The first-order valence-electron chi connectivity index (χ1n) is 9.20. The van der Waals surface area contributed by atoms with Gasteiger partial charge in [-0.2, -0.15) is 0 Å². The zero-order valence-electron chi connectivity index (χ0n) is 15.7. The van der Waals surface area contributed by atoms with E-state index < -0.39 is 0 Å². The molecule has 150 valence electrons. The fraction of sp³-hybridized carbons (Fsp3) is 0.778. The summed E-state index contributed by atoms with van der Waals surface area (Å²) < 4.78 is 0. The van der Waals surface area contributed by atoms with E-state index in [2.05, 4.69) is 27.1 Å². The number of carbonyl (C=O) groups is 1. The standard InChI is InChI=1S/C18H30N4OS.2ClH/c1-13-3-8-22(17(9-13)10-19)18(23)15-4-6-21(7-5-15)11-16-12-24-14(2)20-16;;/h12-13,15,17H,3-11,19H2,1-2H3;2*1H. The normalized spacial score (nSPS) is 24.7. The fourth-order valence-electron chi connectivity index (χ4n) is 4.05. The van der Waals surface area contributed by atoms with Gasteiger partial charge in [0.25, 0.3) is 0 Å².